The normalized spacial score (nSPS) is 31.4. The molecule has 3 unspecified atom stereocenters. The van der Waals surface area contributed by atoms with Gasteiger partial charge in [-0.2, -0.15) is 0 Å². The highest BCUT2D eigenvalue weighted by Crippen LogP contribution is 2.24. The highest BCUT2D eigenvalue weighted by Gasteiger charge is 2.34. The summed E-state index contributed by atoms with van der Waals surface area (Å²) in [5.74, 6) is 0. The Morgan fingerprint density at radius 1 is 1.41 bits per heavy atom. The maximum absolute atomic E-state index is 6.07. The Labute approximate surface area is 106 Å². The minimum atomic E-state index is 0.409. The number of hydrogen-bond acceptors (Lipinski definition) is 3. The third-order valence-corrected chi connectivity index (χ3v) is 4.35. The SMILES string of the molecule is CCCCCC(NC)C1CN2CCCC2CO1. The van der Waals surface area contributed by atoms with Crippen LogP contribution in [0.2, 0.25) is 0 Å². The summed E-state index contributed by atoms with van der Waals surface area (Å²) in [5, 5.41) is 3.46. The summed E-state index contributed by atoms with van der Waals surface area (Å²) in [6.45, 7) is 5.65. The van der Waals surface area contributed by atoms with Crippen molar-refractivity contribution in [2.75, 3.05) is 26.7 Å². The summed E-state index contributed by atoms with van der Waals surface area (Å²) in [6.07, 6.45) is 8.34. The standard InChI is InChI=1S/C14H28N2O/c1-3-4-5-8-13(15-2)14-10-16-9-6-7-12(16)11-17-14/h12-15H,3-11H2,1-2H3. The minimum Gasteiger partial charge on any atom is -0.374 e. The van der Waals surface area contributed by atoms with Crippen molar-refractivity contribution < 1.29 is 4.74 Å². The van der Waals surface area contributed by atoms with Crippen molar-refractivity contribution in [1.29, 1.82) is 0 Å². The van der Waals surface area contributed by atoms with Crippen LogP contribution in [0.5, 0.6) is 0 Å². The van der Waals surface area contributed by atoms with Crippen LogP contribution in [0.1, 0.15) is 45.4 Å². The van der Waals surface area contributed by atoms with Gasteiger partial charge in [-0.15, -0.1) is 0 Å². The first-order valence-electron chi connectivity index (χ1n) is 7.38. The molecule has 3 nitrogen and oxygen atoms in total. The zero-order valence-corrected chi connectivity index (χ0v) is 11.5. The highest BCUT2D eigenvalue weighted by atomic mass is 16.5. The van der Waals surface area contributed by atoms with Crippen LogP contribution < -0.4 is 5.32 Å². The van der Waals surface area contributed by atoms with Gasteiger partial charge in [0.25, 0.3) is 0 Å². The van der Waals surface area contributed by atoms with E-state index < -0.39 is 0 Å². The molecule has 2 heterocycles. The number of morpholine rings is 1. The number of unbranched alkanes of at least 4 members (excludes halogenated alkanes) is 2. The smallest absolute Gasteiger partial charge is 0.0855 e. The number of hydrogen-bond donors (Lipinski definition) is 1. The summed E-state index contributed by atoms with van der Waals surface area (Å²) in [6, 6.07) is 1.27. The predicted molar refractivity (Wildman–Crippen MR) is 71.3 cm³/mol. The quantitative estimate of drug-likeness (QED) is 0.719. The number of fused-ring (bicyclic) bond motifs is 1. The van der Waals surface area contributed by atoms with E-state index in [-0.39, 0.29) is 0 Å². The molecule has 0 radical (unpaired) electrons. The topological polar surface area (TPSA) is 24.5 Å². The first kappa shape index (κ1) is 13.3. The van der Waals surface area contributed by atoms with E-state index in [1.807, 2.05) is 0 Å². The lowest BCUT2D eigenvalue weighted by Crippen LogP contribution is -2.53. The minimum absolute atomic E-state index is 0.409. The molecule has 0 aromatic heterocycles. The largest absolute Gasteiger partial charge is 0.374 e. The zero-order chi connectivity index (χ0) is 12.1. The lowest BCUT2D eigenvalue weighted by atomic mass is 10.0. The Kier molecular flexibility index (Phi) is 5.26. The van der Waals surface area contributed by atoms with Gasteiger partial charge in [-0.3, -0.25) is 4.90 Å². The average Bonchev–Trinajstić information content (AvgIpc) is 2.82. The molecule has 2 aliphatic rings. The predicted octanol–water partition coefficient (Wildman–Crippen LogP) is 2.02. The van der Waals surface area contributed by atoms with Gasteiger partial charge in [0.2, 0.25) is 0 Å². The molecule has 2 fully saturated rings. The fourth-order valence-corrected chi connectivity index (χ4v) is 3.22. The van der Waals surface area contributed by atoms with Crippen molar-refractivity contribution in [2.24, 2.45) is 0 Å². The van der Waals surface area contributed by atoms with Crippen LogP contribution in [0.15, 0.2) is 0 Å². The van der Waals surface area contributed by atoms with E-state index in [1.165, 1.54) is 45.1 Å². The molecule has 0 aliphatic carbocycles. The van der Waals surface area contributed by atoms with Crippen molar-refractivity contribution in [3.63, 3.8) is 0 Å². The summed E-state index contributed by atoms with van der Waals surface area (Å²) in [7, 11) is 2.08. The van der Waals surface area contributed by atoms with Gasteiger partial charge in [-0.25, -0.2) is 0 Å². The molecule has 100 valence electrons. The molecule has 0 spiro atoms. The van der Waals surface area contributed by atoms with E-state index >= 15 is 0 Å². The Morgan fingerprint density at radius 3 is 3.06 bits per heavy atom. The van der Waals surface area contributed by atoms with Crippen LogP contribution in [0.4, 0.5) is 0 Å². The molecule has 3 heteroatoms. The monoisotopic (exact) mass is 240 g/mol. The van der Waals surface area contributed by atoms with Crippen LogP contribution in [-0.4, -0.2) is 49.8 Å². The Morgan fingerprint density at radius 2 is 2.29 bits per heavy atom. The molecule has 2 saturated heterocycles. The maximum Gasteiger partial charge on any atom is 0.0855 e. The molecule has 1 N–H and O–H groups in total. The van der Waals surface area contributed by atoms with Gasteiger partial charge in [0.05, 0.1) is 12.7 Å². The lowest BCUT2D eigenvalue weighted by Gasteiger charge is -2.38. The van der Waals surface area contributed by atoms with Crippen LogP contribution in [0.3, 0.4) is 0 Å². The second-order valence-electron chi connectivity index (χ2n) is 5.55. The highest BCUT2D eigenvalue weighted by molar-refractivity contribution is 4.89. The average molecular weight is 240 g/mol. The second kappa shape index (κ2) is 6.72. The van der Waals surface area contributed by atoms with Gasteiger partial charge in [-0.1, -0.05) is 26.2 Å². The van der Waals surface area contributed by atoms with Crippen LogP contribution in [0.25, 0.3) is 0 Å². The Hall–Kier alpha value is -0.120. The van der Waals surface area contributed by atoms with Crippen molar-refractivity contribution in [3.8, 4) is 0 Å². The zero-order valence-electron chi connectivity index (χ0n) is 11.5. The van der Waals surface area contributed by atoms with Gasteiger partial charge in [-0.05, 0) is 32.9 Å². The molecule has 0 aromatic carbocycles. The lowest BCUT2D eigenvalue weighted by molar-refractivity contribution is -0.0648. The Balaban J connectivity index is 1.78. The summed E-state index contributed by atoms with van der Waals surface area (Å²) in [5.41, 5.74) is 0. The van der Waals surface area contributed by atoms with E-state index in [1.54, 1.807) is 0 Å². The molecular formula is C14H28N2O. The fourth-order valence-electron chi connectivity index (χ4n) is 3.22. The van der Waals surface area contributed by atoms with E-state index in [0.29, 0.717) is 12.1 Å². The summed E-state index contributed by atoms with van der Waals surface area (Å²) >= 11 is 0. The van der Waals surface area contributed by atoms with Gasteiger partial charge >= 0.3 is 0 Å². The Bertz CT molecular complexity index is 222. The van der Waals surface area contributed by atoms with Crippen LogP contribution in [0, 0.1) is 0 Å². The van der Waals surface area contributed by atoms with E-state index in [0.717, 1.165) is 19.2 Å². The molecule has 3 atom stereocenters. The third-order valence-electron chi connectivity index (χ3n) is 4.35. The number of nitrogens with zero attached hydrogens (tertiary/aromatic N) is 1. The number of likely N-dealkylation sites (N-methyl/N-ethyl adjacent to an activating group) is 1. The molecule has 2 rings (SSSR count). The molecule has 2 aliphatic heterocycles. The first-order valence-corrected chi connectivity index (χ1v) is 7.38. The van der Waals surface area contributed by atoms with Crippen molar-refractivity contribution in [1.82, 2.24) is 10.2 Å². The van der Waals surface area contributed by atoms with E-state index in [4.69, 9.17) is 4.74 Å². The van der Waals surface area contributed by atoms with Crippen LogP contribution >= 0.6 is 0 Å². The van der Waals surface area contributed by atoms with Gasteiger partial charge < -0.3 is 10.1 Å². The molecule has 17 heavy (non-hydrogen) atoms. The molecule has 0 aromatic rings. The fraction of sp³-hybridized carbons (Fsp3) is 1.00. The number of ether oxygens (including phenoxy) is 1. The summed E-state index contributed by atoms with van der Waals surface area (Å²) in [4.78, 5) is 2.64. The van der Waals surface area contributed by atoms with Crippen molar-refractivity contribution >= 4 is 0 Å². The van der Waals surface area contributed by atoms with Crippen molar-refractivity contribution in [2.45, 2.75) is 63.6 Å². The first-order chi connectivity index (χ1) is 8.35. The molecule has 0 bridgehead atoms. The number of rotatable bonds is 6. The second-order valence-corrected chi connectivity index (χ2v) is 5.55. The number of nitrogens with one attached hydrogen (secondary N) is 1. The molecule has 0 amide bonds. The molecular weight excluding hydrogens is 212 g/mol. The van der Waals surface area contributed by atoms with E-state index in [2.05, 4.69) is 24.2 Å². The third kappa shape index (κ3) is 3.43. The maximum atomic E-state index is 6.07. The van der Waals surface area contributed by atoms with Gasteiger partial charge in [0, 0.05) is 18.6 Å². The van der Waals surface area contributed by atoms with Crippen molar-refractivity contribution in [3.05, 3.63) is 0 Å². The van der Waals surface area contributed by atoms with Crippen LogP contribution in [-0.2, 0) is 4.74 Å². The molecule has 0 saturated carbocycles. The van der Waals surface area contributed by atoms with Gasteiger partial charge in [0.15, 0.2) is 0 Å². The van der Waals surface area contributed by atoms with E-state index in [9.17, 15) is 0 Å². The summed E-state index contributed by atoms with van der Waals surface area (Å²) < 4.78 is 6.07. The van der Waals surface area contributed by atoms with Gasteiger partial charge in [0.1, 0.15) is 0 Å².